The van der Waals surface area contributed by atoms with Gasteiger partial charge in [0.15, 0.2) is 5.96 Å². The third-order valence-corrected chi connectivity index (χ3v) is 5.81. The Morgan fingerprint density at radius 3 is 2.56 bits per heavy atom. The van der Waals surface area contributed by atoms with Gasteiger partial charge in [-0.2, -0.15) is 0 Å². The second-order valence-corrected chi connectivity index (χ2v) is 7.83. The number of rotatable bonds is 8. The number of nitrogens with one attached hydrogen (secondary N) is 2. The first-order valence-electron chi connectivity index (χ1n) is 11.0. The molecule has 32 heavy (non-hydrogen) atoms. The summed E-state index contributed by atoms with van der Waals surface area (Å²) >= 11 is 0. The van der Waals surface area contributed by atoms with Crippen molar-refractivity contribution in [2.45, 2.75) is 25.4 Å². The summed E-state index contributed by atoms with van der Waals surface area (Å²) in [6.45, 7) is 3.68. The predicted octanol–water partition coefficient (Wildman–Crippen LogP) is 2.78. The van der Waals surface area contributed by atoms with Crippen molar-refractivity contribution in [1.82, 2.24) is 30.1 Å². The predicted molar refractivity (Wildman–Crippen MR) is 126 cm³/mol. The molecule has 0 radical (unpaired) electrons. The van der Waals surface area contributed by atoms with Crippen molar-refractivity contribution in [2.75, 3.05) is 33.8 Å². The molecule has 168 valence electrons. The number of imidazole rings is 1. The molecule has 0 spiro atoms. The number of aromatic nitrogens is 3. The summed E-state index contributed by atoms with van der Waals surface area (Å²) in [7, 11) is 3.50. The molecule has 1 aliphatic rings. The maximum Gasteiger partial charge on any atom is 0.191 e. The highest BCUT2D eigenvalue weighted by Crippen LogP contribution is 2.26. The summed E-state index contributed by atoms with van der Waals surface area (Å²) in [4.78, 5) is 15.5. The molecule has 2 aromatic heterocycles. The van der Waals surface area contributed by atoms with Crippen molar-refractivity contribution in [2.24, 2.45) is 4.99 Å². The van der Waals surface area contributed by atoms with Crippen molar-refractivity contribution < 1.29 is 4.74 Å². The van der Waals surface area contributed by atoms with Crippen LogP contribution in [-0.2, 0) is 6.54 Å². The number of hydrogen-bond donors (Lipinski definition) is 2. The first-order chi connectivity index (χ1) is 15.8. The Morgan fingerprint density at radius 2 is 1.94 bits per heavy atom. The largest absolute Gasteiger partial charge is 0.497 e. The summed E-state index contributed by atoms with van der Waals surface area (Å²) < 4.78 is 7.21. The van der Waals surface area contributed by atoms with E-state index in [0.717, 1.165) is 42.7 Å². The fourth-order valence-electron chi connectivity index (χ4n) is 4.01. The van der Waals surface area contributed by atoms with E-state index in [9.17, 15) is 0 Å². The van der Waals surface area contributed by atoms with E-state index in [1.54, 1.807) is 26.7 Å². The summed E-state index contributed by atoms with van der Waals surface area (Å²) in [5, 5.41) is 6.91. The van der Waals surface area contributed by atoms with Crippen LogP contribution in [-0.4, -0.2) is 59.2 Å². The van der Waals surface area contributed by atoms with Gasteiger partial charge in [-0.05, 0) is 55.3 Å². The van der Waals surface area contributed by atoms with Gasteiger partial charge in [0, 0.05) is 38.7 Å². The molecule has 0 saturated carbocycles. The van der Waals surface area contributed by atoms with Crippen LogP contribution in [0.5, 0.6) is 5.75 Å². The van der Waals surface area contributed by atoms with Gasteiger partial charge < -0.3 is 15.4 Å². The van der Waals surface area contributed by atoms with Crippen LogP contribution >= 0.6 is 0 Å². The summed E-state index contributed by atoms with van der Waals surface area (Å²) in [6, 6.07) is 12.7. The molecule has 0 amide bonds. The van der Waals surface area contributed by atoms with Gasteiger partial charge in [0.25, 0.3) is 0 Å². The molecule has 4 rings (SSSR count). The molecule has 0 aliphatic carbocycles. The zero-order chi connectivity index (χ0) is 22.2. The minimum atomic E-state index is 0.290. The van der Waals surface area contributed by atoms with E-state index in [-0.39, 0.29) is 6.04 Å². The highest BCUT2D eigenvalue weighted by molar-refractivity contribution is 5.79. The Labute approximate surface area is 189 Å². The standard InChI is InChI=1S/C24H31N7O/c1-25-24(28-16-19-5-10-23(27-15-19)31-14-11-26-18-31)29-17-22(30-12-3-4-13-30)20-6-8-21(32-2)9-7-20/h5-11,14-15,18,22H,3-4,12-13,16-17H2,1-2H3,(H2,25,28,29). The number of pyridine rings is 1. The number of aliphatic imine (C=N–C) groups is 1. The fourth-order valence-corrected chi connectivity index (χ4v) is 4.01. The van der Waals surface area contributed by atoms with Crippen LogP contribution in [0.15, 0.2) is 66.3 Å². The van der Waals surface area contributed by atoms with Gasteiger partial charge in [-0.15, -0.1) is 0 Å². The van der Waals surface area contributed by atoms with E-state index >= 15 is 0 Å². The van der Waals surface area contributed by atoms with Crippen LogP contribution in [0.3, 0.4) is 0 Å². The molecule has 8 nitrogen and oxygen atoms in total. The molecule has 1 aliphatic heterocycles. The van der Waals surface area contributed by atoms with Crippen LogP contribution in [0.2, 0.25) is 0 Å². The van der Waals surface area contributed by atoms with Crippen LogP contribution in [0.1, 0.15) is 30.0 Å². The van der Waals surface area contributed by atoms with Gasteiger partial charge in [-0.25, -0.2) is 9.97 Å². The van der Waals surface area contributed by atoms with E-state index in [0.29, 0.717) is 6.54 Å². The number of methoxy groups -OCH3 is 1. The van der Waals surface area contributed by atoms with Gasteiger partial charge in [-0.3, -0.25) is 14.5 Å². The van der Waals surface area contributed by atoms with Crippen molar-refractivity contribution in [3.63, 3.8) is 0 Å². The number of ether oxygens (including phenoxy) is 1. The Bertz CT molecular complexity index is 978. The number of nitrogens with zero attached hydrogens (tertiary/aromatic N) is 5. The second-order valence-electron chi connectivity index (χ2n) is 7.83. The number of likely N-dealkylation sites (tertiary alicyclic amines) is 1. The smallest absolute Gasteiger partial charge is 0.191 e. The molecular weight excluding hydrogens is 402 g/mol. The van der Waals surface area contributed by atoms with Crippen molar-refractivity contribution >= 4 is 5.96 Å². The highest BCUT2D eigenvalue weighted by atomic mass is 16.5. The Balaban J connectivity index is 1.35. The molecular formula is C24H31N7O. The van der Waals surface area contributed by atoms with E-state index in [1.165, 1.54) is 18.4 Å². The topological polar surface area (TPSA) is 79.6 Å². The highest BCUT2D eigenvalue weighted by Gasteiger charge is 2.23. The SMILES string of the molecule is CN=C(NCc1ccc(-n2ccnc2)nc1)NCC(c1ccc(OC)cc1)N1CCCC1. The molecule has 8 heteroatoms. The zero-order valence-corrected chi connectivity index (χ0v) is 18.7. The number of benzene rings is 1. The van der Waals surface area contributed by atoms with E-state index in [4.69, 9.17) is 4.74 Å². The molecule has 1 aromatic carbocycles. The lowest BCUT2D eigenvalue weighted by Crippen LogP contribution is -2.42. The average molecular weight is 434 g/mol. The van der Waals surface area contributed by atoms with Crippen molar-refractivity contribution in [3.05, 3.63) is 72.4 Å². The normalized spacial score (nSPS) is 15.5. The van der Waals surface area contributed by atoms with Crippen LogP contribution < -0.4 is 15.4 Å². The minimum absolute atomic E-state index is 0.290. The van der Waals surface area contributed by atoms with Crippen LogP contribution in [0, 0.1) is 0 Å². The third-order valence-electron chi connectivity index (χ3n) is 5.81. The van der Waals surface area contributed by atoms with E-state index in [2.05, 4.69) is 48.7 Å². The Morgan fingerprint density at radius 1 is 1.12 bits per heavy atom. The molecule has 1 fully saturated rings. The lowest BCUT2D eigenvalue weighted by atomic mass is 10.1. The maximum atomic E-state index is 5.32. The molecule has 1 unspecified atom stereocenters. The lowest BCUT2D eigenvalue weighted by molar-refractivity contribution is 0.245. The van der Waals surface area contributed by atoms with Gasteiger partial charge in [0.1, 0.15) is 17.9 Å². The second kappa shape index (κ2) is 10.8. The molecule has 3 heterocycles. The van der Waals surface area contributed by atoms with E-state index < -0.39 is 0 Å². The summed E-state index contributed by atoms with van der Waals surface area (Å²) in [5.74, 6) is 2.51. The molecule has 3 aromatic rings. The first kappa shape index (κ1) is 21.8. The quantitative estimate of drug-likeness (QED) is 0.420. The van der Waals surface area contributed by atoms with Crippen molar-refractivity contribution in [1.29, 1.82) is 0 Å². The van der Waals surface area contributed by atoms with E-state index in [1.807, 2.05) is 35.2 Å². The zero-order valence-electron chi connectivity index (χ0n) is 18.7. The van der Waals surface area contributed by atoms with Crippen LogP contribution in [0.25, 0.3) is 5.82 Å². The Hall–Kier alpha value is -3.39. The lowest BCUT2D eigenvalue weighted by Gasteiger charge is -2.29. The monoisotopic (exact) mass is 433 g/mol. The van der Waals surface area contributed by atoms with Gasteiger partial charge in [0.2, 0.25) is 0 Å². The number of hydrogen-bond acceptors (Lipinski definition) is 5. The van der Waals surface area contributed by atoms with Gasteiger partial charge in [-0.1, -0.05) is 18.2 Å². The third kappa shape index (κ3) is 5.45. The molecule has 1 saturated heterocycles. The van der Waals surface area contributed by atoms with Gasteiger partial charge >= 0.3 is 0 Å². The van der Waals surface area contributed by atoms with Gasteiger partial charge in [0.05, 0.1) is 13.2 Å². The average Bonchev–Trinajstić information content (AvgIpc) is 3.57. The molecule has 1 atom stereocenters. The minimum Gasteiger partial charge on any atom is -0.497 e. The summed E-state index contributed by atoms with van der Waals surface area (Å²) in [5.41, 5.74) is 2.37. The Kier molecular flexibility index (Phi) is 7.34. The van der Waals surface area contributed by atoms with Crippen molar-refractivity contribution in [3.8, 4) is 11.6 Å². The first-order valence-corrected chi connectivity index (χ1v) is 11.0. The summed E-state index contributed by atoms with van der Waals surface area (Å²) in [6.07, 6.45) is 9.74. The van der Waals surface area contributed by atoms with Crippen LogP contribution in [0.4, 0.5) is 0 Å². The molecule has 2 N–H and O–H groups in total. The number of guanidine groups is 1. The fraction of sp³-hybridized carbons (Fsp3) is 0.375. The molecule has 0 bridgehead atoms. The maximum absolute atomic E-state index is 5.32.